The van der Waals surface area contributed by atoms with Gasteiger partial charge >= 0.3 is 0 Å². The van der Waals surface area contributed by atoms with Crippen LogP contribution >= 0.6 is 0 Å². The van der Waals surface area contributed by atoms with Crippen LogP contribution in [0.3, 0.4) is 0 Å². The van der Waals surface area contributed by atoms with E-state index in [2.05, 4.69) is 25.0 Å². The van der Waals surface area contributed by atoms with Gasteiger partial charge in [0.25, 0.3) is 6.01 Å². The Kier molecular flexibility index (Phi) is 3.84. The molecule has 27 heavy (non-hydrogen) atoms. The van der Waals surface area contributed by atoms with Gasteiger partial charge in [-0.2, -0.15) is 5.10 Å². The zero-order valence-electron chi connectivity index (χ0n) is 14.5. The summed E-state index contributed by atoms with van der Waals surface area (Å²) in [6, 6.07) is 2.19. The van der Waals surface area contributed by atoms with Gasteiger partial charge in [0.1, 0.15) is 24.9 Å². The summed E-state index contributed by atoms with van der Waals surface area (Å²) in [5, 5.41) is 5.36. The Morgan fingerprint density at radius 1 is 1.33 bits per heavy atom. The maximum Gasteiger partial charge on any atom is 0.297 e. The Balaban J connectivity index is 1.40. The molecule has 0 radical (unpaired) electrons. The number of nitrogens with zero attached hydrogens (tertiary/aromatic N) is 6. The number of fused-ring (bicyclic) bond motifs is 1. The van der Waals surface area contributed by atoms with E-state index in [0.29, 0.717) is 12.6 Å². The highest BCUT2D eigenvalue weighted by Gasteiger charge is 2.33. The lowest BCUT2D eigenvalue weighted by molar-refractivity contribution is 0.256. The lowest BCUT2D eigenvalue weighted by Gasteiger charge is -2.21. The third-order valence-corrected chi connectivity index (χ3v) is 5.19. The van der Waals surface area contributed by atoms with Gasteiger partial charge < -0.3 is 14.3 Å². The first kappa shape index (κ1) is 16.0. The number of alkyl halides is 1. The van der Waals surface area contributed by atoms with Gasteiger partial charge in [0.05, 0.1) is 24.1 Å². The molecule has 1 fully saturated rings. The second kappa shape index (κ2) is 6.49. The van der Waals surface area contributed by atoms with Gasteiger partial charge in [0, 0.05) is 42.4 Å². The highest BCUT2D eigenvalue weighted by Crippen LogP contribution is 2.32. The minimum atomic E-state index is -0.478. The molecule has 4 aromatic heterocycles. The van der Waals surface area contributed by atoms with Gasteiger partial charge in [0.15, 0.2) is 0 Å². The molecule has 138 valence electrons. The summed E-state index contributed by atoms with van der Waals surface area (Å²) in [5.74, 6) is 0.132. The number of aromatic amines is 1. The highest BCUT2D eigenvalue weighted by molar-refractivity contribution is 5.89. The lowest BCUT2D eigenvalue weighted by atomic mass is 10.0. The number of aromatic nitrogens is 6. The monoisotopic (exact) mass is 367 g/mol. The summed E-state index contributed by atoms with van der Waals surface area (Å²) < 4.78 is 21.0. The van der Waals surface area contributed by atoms with Crippen LogP contribution in [0.15, 0.2) is 47.9 Å². The van der Waals surface area contributed by atoms with Crippen LogP contribution in [0.25, 0.3) is 22.3 Å². The maximum atomic E-state index is 13.9. The van der Waals surface area contributed by atoms with Crippen LogP contribution in [0.4, 0.5) is 10.4 Å². The van der Waals surface area contributed by atoms with Crippen LogP contribution in [0, 0.1) is 5.92 Å². The van der Waals surface area contributed by atoms with E-state index >= 15 is 0 Å². The third kappa shape index (κ3) is 2.75. The standard InChI is InChI=1S/C18H18FN7O/c19-7-15(12-2-5-25(9-12)18-21-4-6-27-18)26-10-13(8-24-26)16-14-1-3-20-17(14)23-11-22-16/h1,3-4,6,8,10-12,15H,2,5,7,9H2,(H,20,22,23). The van der Waals surface area contributed by atoms with E-state index in [9.17, 15) is 4.39 Å². The number of H-pyrrole nitrogens is 1. The van der Waals surface area contributed by atoms with Crippen molar-refractivity contribution in [2.24, 2.45) is 5.92 Å². The molecule has 0 bridgehead atoms. The third-order valence-electron chi connectivity index (χ3n) is 5.19. The summed E-state index contributed by atoms with van der Waals surface area (Å²) in [7, 11) is 0. The number of hydrogen-bond donors (Lipinski definition) is 1. The largest absolute Gasteiger partial charge is 0.432 e. The number of halogens is 1. The molecule has 5 rings (SSSR count). The summed E-state index contributed by atoms with van der Waals surface area (Å²) in [4.78, 5) is 17.9. The number of oxazole rings is 1. The second-order valence-electron chi connectivity index (χ2n) is 6.70. The fourth-order valence-corrected chi connectivity index (χ4v) is 3.80. The first-order chi connectivity index (χ1) is 13.3. The van der Waals surface area contributed by atoms with E-state index in [1.54, 1.807) is 23.3 Å². The van der Waals surface area contributed by atoms with Crippen LogP contribution in [-0.2, 0) is 0 Å². The first-order valence-corrected chi connectivity index (χ1v) is 8.86. The van der Waals surface area contributed by atoms with Crippen molar-refractivity contribution >= 4 is 17.0 Å². The predicted molar refractivity (Wildman–Crippen MR) is 96.9 cm³/mol. The van der Waals surface area contributed by atoms with Crippen molar-refractivity contribution in [1.82, 2.24) is 29.7 Å². The number of anilines is 1. The van der Waals surface area contributed by atoms with Crippen molar-refractivity contribution < 1.29 is 8.81 Å². The molecule has 2 atom stereocenters. The average molecular weight is 367 g/mol. The van der Waals surface area contributed by atoms with E-state index in [-0.39, 0.29) is 12.0 Å². The molecule has 1 N–H and O–H groups in total. The van der Waals surface area contributed by atoms with E-state index in [1.807, 2.05) is 23.4 Å². The summed E-state index contributed by atoms with van der Waals surface area (Å²) in [6.07, 6.45) is 11.0. The molecule has 0 aromatic carbocycles. The van der Waals surface area contributed by atoms with Gasteiger partial charge in [-0.1, -0.05) is 0 Å². The molecule has 5 heterocycles. The second-order valence-corrected chi connectivity index (χ2v) is 6.70. The molecule has 0 spiro atoms. The van der Waals surface area contributed by atoms with Crippen LogP contribution < -0.4 is 4.90 Å². The molecule has 1 aliphatic rings. The zero-order valence-corrected chi connectivity index (χ0v) is 14.5. The van der Waals surface area contributed by atoms with Crippen LogP contribution in [0.2, 0.25) is 0 Å². The fourth-order valence-electron chi connectivity index (χ4n) is 3.80. The highest BCUT2D eigenvalue weighted by atomic mass is 19.1. The average Bonchev–Trinajstić information content (AvgIpc) is 3.48. The first-order valence-electron chi connectivity index (χ1n) is 8.86. The maximum absolute atomic E-state index is 13.9. The molecule has 8 nitrogen and oxygen atoms in total. The van der Waals surface area contributed by atoms with Gasteiger partial charge in [-0.15, -0.1) is 0 Å². The Labute approximate surface area is 154 Å². The fraction of sp³-hybridized carbons (Fsp3) is 0.333. The minimum Gasteiger partial charge on any atom is -0.432 e. The van der Waals surface area contributed by atoms with Crippen molar-refractivity contribution in [2.45, 2.75) is 12.5 Å². The van der Waals surface area contributed by atoms with E-state index in [0.717, 1.165) is 35.3 Å². The molecule has 0 saturated carbocycles. The summed E-state index contributed by atoms with van der Waals surface area (Å²) in [5.41, 5.74) is 2.41. The Bertz CT molecular complexity index is 1040. The number of nitrogens with one attached hydrogen (secondary N) is 1. The van der Waals surface area contributed by atoms with Gasteiger partial charge in [-0.25, -0.2) is 19.3 Å². The topological polar surface area (TPSA) is 88.7 Å². The predicted octanol–water partition coefficient (Wildman–Crippen LogP) is 2.85. The summed E-state index contributed by atoms with van der Waals surface area (Å²) >= 11 is 0. The van der Waals surface area contributed by atoms with E-state index in [4.69, 9.17) is 4.42 Å². The van der Waals surface area contributed by atoms with Crippen LogP contribution in [-0.4, -0.2) is 49.5 Å². The van der Waals surface area contributed by atoms with Crippen molar-refractivity contribution in [1.29, 1.82) is 0 Å². The van der Waals surface area contributed by atoms with Crippen molar-refractivity contribution in [3.63, 3.8) is 0 Å². The van der Waals surface area contributed by atoms with Gasteiger partial charge in [-0.3, -0.25) is 4.68 Å². The Morgan fingerprint density at radius 3 is 3.15 bits per heavy atom. The molecule has 4 aromatic rings. The smallest absolute Gasteiger partial charge is 0.297 e. The zero-order chi connectivity index (χ0) is 18.2. The Morgan fingerprint density at radius 2 is 2.30 bits per heavy atom. The molecular formula is C18H18FN7O. The number of hydrogen-bond acceptors (Lipinski definition) is 6. The van der Waals surface area contributed by atoms with E-state index < -0.39 is 6.67 Å². The van der Waals surface area contributed by atoms with E-state index in [1.165, 1.54) is 6.33 Å². The van der Waals surface area contributed by atoms with Gasteiger partial charge in [0.2, 0.25) is 0 Å². The molecule has 9 heteroatoms. The SMILES string of the molecule is FCC(C1CCN(c2ncco2)C1)n1cc(-c2ncnc3[nH]ccc23)cn1. The molecular weight excluding hydrogens is 349 g/mol. The van der Waals surface area contributed by atoms with Crippen LogP contribution in [0.5, 0.6) is 0 Å². The van der Waals surface area contributed by atoms with Gasteiger partial charge in [-0.05, 0) is 12.5 Å². The quantitative estimate of drug-likeness (QED) is 0.583. The minimum absolute atomic E-state index is 0.132. The lowest BCUT2D eigenvalue weighted by Crippen LogP contribution is -2.26. The normalized spacial score (nSPS) is 18.4. The molecule has 2 unspecified atom stereocenters. The number of rotatable bonds is 5. The Hall–Kier alpha value is -3.23. The molecule has 0 aliphatic carbocycles. The van der Waals surface area contributed by atoms with Crippen molar-refractivity contribution in [2.75, 3.05) is 24.7 Å². The van der Waals surface area contributed by atoms with Crippen molar-refractivity contribution in [3.8, 4) is 11.3 Å². The molecule has 1 saturated heterocycles. The van der Waals surface area contributed by atoms with Crippen molar-refractivity contribution in [3.05, 3.63) is 43.4 Å². The molecule has 1 aliphatic heterocycles. The van der Waals surface area contributed by atoms with Crippen LogP contribution in [0.1, 0.15) is 12.5 Å². The summed E-state index contributed by atoms with van der Waals surface area (Å²) in [6.45, 7) is 1.01. The molecule has 0 amide bonds.